The lowest BCUT2D eigenvalue weighted by molar-refractivity contribution is -0.140. The van der Waals surface area contributed by atoms with Crippen molar-refractivity contribution in [1.29, 1.82) is 0 Å². The van der Waals surface area contributed by atoms with Gasteiger partial charge >= 0.3 is 5.97 Å². The summed E-state index contributed by atoms with van der Waals surface area (Å²) in [6.07, 6.45) is 8.00. The van der Waals surface area contributed by atoms with Gasteiger partial charge in [-0.1, -0.05) is 42.5 Å². The summed E-state index contributed by atoms with van der Waals surface area (Å²) in [6, 6.07) is 9.36. The topological polar surface area (TPSA) is 100 Å². The first kappa shape index (κ1) is 22.3. The molecule has 3 rings (SSSR count). The Bertz CT molecular complexity index is 850. The maximum Gasteiger partial charge on any atom is 0.305 e. The minimum absolute atomic E-state index is 0.129. The van der Waals surface area contributed by atoms with Crippen LogP contribution in [0.2, 0.25) is 0 Å². The molecule has 1 fully saturated rings. The fourth-order valence-corrected chi connectivity index (χ4v) is 4.02. The number of hydrogen-bond donors (Lipinski definition) is 3. The molecule has 1 aromatic carbocycles. The lowest BCUT2D eigenvalue weighted by Gasteiger charge is -2.19. The molecule has 162 valence electrons. The van der Waals surface area contributed by atoms with Gasteiger partial charge in [0, 0.05) is 24.1 Å². The van der Waals surface area contributed by atoms with Crippen molar-refractivity contribution in [3.63, 3.8) is 0 Å². The van der Waals surface area contributed by atoms with Crippen LogP contribution in [0.1, 0.15) is 44.0 Å². The van der Waals surface area contributed by atoms with Crippen molar-refractivity contribution in [2.24, 2.45) is 11.8 Å². The van der Waals surface area contributed by atoms with Gasteiger partial charge < -0.3 is 24.5 Å². The number of carbonyl (C=O) groups is 1. The summed E-state index contributed by atoms with van der Waals surface area (Å²) >= 11 is 0. The second kappa shape index (κ2) is 10.6. The third-order valence-corrected chi connectivity index (χ3v) is 5.72. The number of fused-ring (bicyclic) bond motifs is 1. The van der Waals surface area contributed by atoms with Crippen LogP contribution < -0.4 is 0 Å². The van der Waals surface area contributed by atoms with Crippen molar-refractivity contribution in [3.8, 4) is 0 Å². The molecule has 6 heteroatoms. The molecule has 0 aliphatic heterocycles. The van der Waals surface area contributed by atoms with E-state index in [0.717, 1.165) is 11.8 Å². The van der Waals surface area contributed by atoms with Crippen LogP contribution in [0.25, 0.3) is 11.0 Å². The highest BCUT2D eigenvalue weighted by molar-refractivity contribution is 5.77. The lowest BCUT2D eigenvalue weighted by Crippen LogP contribution is -2.20. The smallest absolute Gasteiger partial charge is 0.305 e. The van der Waals surface area contributed by atoms with Gasteiger partial charge in [-0.15, -0.1) is 0 Å². The number of rotatable bonds is 9. The number of esters is 1. The first-order valence-corrected chi connectivity index (χ1v) is 10.4. The molecule has 6 nitrogen and oxygen atoms in total. The number of aliphatic hydroxyl groups excluding tert-OH is 3. The Morgan fingerprint density at radius 1 is 1.27 bits per heavy atom. The van der Waals surface area contributed by atoms with Crippen molar-refractivity contribution in [1.82, 2.24) is 0 Å². The number of hydrogen-bond acceptors (Lipinski definition) is 6. The molecular formula is C24H30O6. The fraction of sp³-hybridized carbons (Fsp3) is 0.458. The summed E-state index contributed by atoms with van der Waals surface area (Å²) < 4.78 is 10.3. The number of benzene rings is 1. The van der Waals surface area contributed by atoms with Crippen molar-refractivity contribution in [2.45, 2.75) is 50.4 Å². The Hall–Kier alpha value is -2.41. The molecule has 1 heterocycles. The highest BCUT2D eigenvalue weighted by atomic mass is 16.5. The van der Waals surface area contributed by atoms with Gasteiger partial charge in [-0.25, -0.2) is 0 Å². The summed E-state index contributed by atoms with van der Waals surface area (Å²) in [5, 5.41) is 32.1. The number of allylic oxidation sites excluding steroid dienone is 2. The lowest BCUT2D eigenvalue weighted by atomic mass is 9.89. The van der Waals surface area contributed by atoms with Crippen molar-refractivity contribution in [2.75, 3.05) is 7.11 Å². The Balaban J connectivity index is 1.57. The molecule has 0 radical (unpaired) electrons. The molecule has 0 bridgehead atoms. The monoisotopic (exact) mass is 414 g/mol. The van der Waals surface area contributed by atoms with Gasteiger partial charge in [-0.3, -0.25) is 4.79 Å². The molecule has 1 aliphatic carbocycles. The van der Waals surface area contributed by atoms with E-state index in [1.54, 1.807) is 18.2 Å². The van der Waals surface area contributed by atoms with Gasteiger partial charge in [0.05, 0.1) is 19.3 Å². The van der Waals surface area contributed by atoms with Crippen LogP contribution in [-0.2, 0) is 9.53 Å². The molecule has 0 unspecified atom stereocenters. The van der Waals surface area contributed by atoms with Crippen LogP contribution >= 0.6 is 0 Å². The second-order valence-corrected chi connectivity index (χ2v) is 7.80. The molecule has 1 aliphatic rings. The quantitative estimate of drug-likeness (QED) is 0.329. The van der Waals surface area contributed by atoms with Gasteiger partial charge in [-0.2, -0.15) is 0 Å². The van der Waals surface area contributed by atoms with Gasteiger partial charge in [-0.05, 0) is 37.3 Å². The summed E-state index contributed by atoms with van der Waals surface area (Å²) in [5.74, 6) is -0.150. The van der Waals surface area contributed by atoms with Gasteiger partial charge in [0.1, 0.15) is 17.4 Å². The van der Waals surface area contributed by atoms with Crippen LogP contribution in [0.3, 0.4) is 0 Å². The van der Waals surface area contributed by atoms with Crippen molar-refractivity contribution in [3.05, 3.63) is 60.4 Å². The third kappa shape index (κ3) is 5.59. The summed E-state index contributed by atoms with van der Waals surface area (Å²) in [5.41, 5.74) is 0.714. The number of para-hydroxylation sites is 1. The van der Waals surface area contributed by atoms with Gasteiger partial charge in [0.25, 0.3) is 0 Å². The minimum atomic E-state index is -0.920. The first-order chi connectivity index (χ1) is 14.5. The highest BCUT2D eigenvalue weighted by Gasteiger charge is 2.39. The van der Waals surface area contributed by atoms with E-state index >= 15 is 0 Å². The molecular weight excluding hydrogens is 384 g/mol. The van der Waals surface area contributed by atoms with E-state index < -0.39 is 18.3 Å². The van der Waals surface area contributed by atoms with E-state index in [0.29, 0.717) is 37.0 Å². The molecule has 0 amide bonds. The zero-order chi connectivity index (χ0) is 21.5. The largest absolute Gasteiger partial charge is 0.469 e. The Kier molecular flexibility index (Phi) is 7.85. The molecule has 30 heavy (non-hydrogen) atoms. The van der Waals surface area contributed by atoms with E-state index in [4.69, 9.17) is 4.42 Å². The average Bonchev–Trinajstić information content (AvgIpc) is 3.29. The molecule has 2 aromatic rings. The third-order valence-electron chi connectivity index (χ3n) is 5.72. The predicted molar refractivity (Wildman–Crippen MR) is 114 cm³/mol. The molecule has 1 saturated carbocycles. The number of methoxy groups -OCH3 is 1. The Labute approximate surface area is 176 Å². The van der Waals surface area contributed by atoms with Crippen LogP contribution in [0.15, 0.2) is 59.1 Å². The maximum atomic E-state index is 11.1. The van der Waals surface area contributed by atoms with Crippen LogP contribution in [0.4, 0.5) is 0 Å². The standard InChI is InChI=1S/C24H30O6/c1-29-24(28)11-5-3-2-4-9-17-18(21(27)15-20(17)26)12-13-19(25)23-14-16-8-6-7-10-22(16)30-23/h2,4,6-8,10,12-14,17-21,25-27H,3,5,9,11,15H2,1H3/b4-2-,13-12+/t17-,18-,19+,20+,21-/m1/s1. The van der Waals surface area contributed by atoms with E-state index in [2.05, 4.69) is 4.74 Å². The normalized spacial score (nSPS) is 25.5. The zero-order valence-electron chi connectivity index (χ0n) is 17.2. The fourth-order valence-electron chi connectivity index (χ4n) is 4.02. The maximum absolute atomic E-state index is 11.1. The molecule has 0 spiro atoms. The van der Waals surface area contributed by atoms with E-state index in [1.807, 2.05) is 36.4 Å². The summed E-state index contributed by atoms with van der Waals surface area (Å²) in [4.78, 5) is 11.1. The van der Waals surface area contributed by atoms with E-state index in [1.165, 1.54) is 7.11 Å². The van der Waals surface area contributed by atoms with E-state index in [-0.39, 0.29) is 17.8 Å². The predicted octanol–water partition coefficient (Wildman–Crippen LogP) is 3.67. The highest BCUT2D eigenvalue weighted by Crippen LogP contribution is 2.37. The van der Waals surface area contributed by atoms with Crippen LogP contribution in [-0.4, -0.2) is 40.6 Å². The Morgan fingerprint density at radius 3 is 2.83 bits per heavy atom. The molecule has 1 aromatic heterocycles. The number of aliphatic hydroxyl groups is 3. The van der Waals surface area contributed by atoms with Crippen molar-refractivity contribution < 1.29 is 29.3 Å². The minimum Gasteiger partial charge on any atom is -0.469 e. The van der Waals surface area contributed by atoms with Gasteiger partial charge in [0.2, 0.25) is 0 Å². The average molecular weight is 414 g/mol. The SMILES string of the molecule is COC(=O)CCC/C=C\C[C@@H]1[C@@H](/C=C/[C@H](O)c2cc3ccccc3o2)[C@H](O)C[C@@H]1O. The van der Waals surface area contributed by atoms with Crippen LogP contribution in [0, 0.1) is 11.8 Å². The molecule has 5 atom stereocenters. The number of furan rings is 1. The molecule has 0 saturated heterocycles. The number of ether oxygens (including phenoxy) is 1. The first-order valence-electron chi connectivity index (χ1n) is 10.4. The van der Waals surface area contributed by atoms with Crippen LogP contribution in [0.5, 0.6) is 0 Å². The van der Waals surface area contributed by atoms with Crippen molar-refractivity contribution >= 4 is 16.9 Å². The number of carbonyl (C=O) groups excluding carboxylic acids is 1. The summed E-state index contributed by atoms with van der Waals surface area (Å²) in [6.45, 7) is 0. The molecule has 3 N–H and O–H groups in total. The summed E-state index contributed by atoms with van der Waals surface area (Å²) in [7, 11) is 1.38. The second-order valence-electron chi connectivity index (χ2n) is 7.80. The Morgan fingerprint density at radius 2 is 2.07 bits per heavy atom. The van der Waals surface area contributed by atoms with Gasteiger partial charge in [0.15, 0.2) is 0 Å². The zero-order valence-corrected chi connectivity index (χ0v) is 17.2. The number of unbranched alkanes of at least 4 members (excludes halogenated alkanes) is 1. The van der Waals surface area contributed by atoms with E-state index in [9.17, 15) is 20.1 Å².